The highest BCUT2D eigenvalue weighted by Gasteiger charge is 2.47. The Bertz CT molecular complexity index is 306. The first-order valence-corrected chi connectivity index (χ1v) is 8.12. The van der Waals surface area contributed by atoms with Gasteiger partial charge in [0.2, 0.25) is 0 Å². The van der Waals surface area contributed by atoms with E-state index in [1.165, 1.54) is 39.0 Å². The Morgan fingerprint density at radius 1 is 1.06 bits per heavy atom. The molecule has 4 atom stereocenters. The van der Waals surface area contributed by atoms with Gasteiger partial charge in [0, 0.05) is 42.6 Å². The SMILES string of the molecule is OC1CSC2CN(C3CN4CCC3CC4)CC12. The number of likely N-dealkylation sites (tertiary alicyclic amines) is 1. The number of piperidine rings is 3. The molecule has 5 saturated heterocycles. The highest BCUT2D eigenvalue weighted by Crippen LogP contribution is 2.41. The van der Waals surface area contributed by atoms with Crippen molar-refractivity contribution >= 4 is 11.8 Å². The summed E-state index contributed by atoms with van der Waals surface area (Å²) < 4.78 is 0. The summed E-state index contributed by atoms with van der Waals surface area (Å²) in [4.78, 5) is 5.35. The van der Waals surface area contributed by atoms with Crippen LogP contribution in [0.3, 0.4) is 0 Å². The molecule has 0 aliphatic carbocycles. The van der Waals surface area contributed by atoms with Gasteiger partial charge in [-0.1, -0.05) is 0 Å². The maximum absolute atomic E-state index is 9.99. The van der Waals surface area contributed by atoms with E-state index in [1.807, 2.05) is 11.8 Å². The van der Waals surface area contributed by atoms with E-state index in [2.05, 4.69) is 9.80 Å². The predicted molar refractivity (Wildman–Crippen MR) is 70.3 cm³/mol. The fourth-order valence-electron chi connectivity index (χ4n) is 4.34. The summed E-state index contributed by atoms with van der Waals surface area (Å²) in [7, 11) is 0. The van der Waals surface area contributed by atoms with Crippen LogP contribution in [0.25, 0.3) is 0 Å². The molecule has 5 heterocycles. The zero-order valence-corrected chi connectivity index (χ0v) is 11.1. The third kappa shape index (κ3) is 1.76. The van der Waals surface area contributed by atoms with Crippen molar-refractivity contribution in [3.05, 3.63) is 0 Å². The number of hydrogen-bond acceptors (Lipinski definition) is 4. The average molecular weight is 254 g/mol. The van der Waals surface area contributed by atoms with Crippen LogP contribution in [0, 0.1) is 11.8 Å². The molecule has 0 spiro atoms. The lowest BCUT2D eigenvalue weighted by Gasteiger charge is -2.48. The lowest BCUT2D eigenvalue weighted by atomic mass is 9.83. The predicted octanol–water partition coefficient (Wildman–Crippen LogP) is 0.489. The summed E-state index contributed by atoms with van der Waals surface area (Å²) in [5, 5.41) is 10.7. The molecule has 4 unspecified atom stereocenters. The monoisotopic (exact) mass is 254 g/mol. The van der Waals surface area contributed by atoms with Gasteiger partial charge in [-0.3, -0.25) is 4.90 Å². The number of thioether (sulfide) groups is 1. The maximum atomic E-state index is 9.99. The maximum Gasteiger partial charge on any atom is 0.0682 e. The van der Waals surface area contributed by atoms with E-state index in [9.17, 15) is 5.11 Å². The van der Waals surface area contributed by atoms with Gasteiger partial charge < -0.3 is 10.0 Å². The molecule has 0 saturated carbocycles. The minimum Gasteiger partial charge on any atom is -0.392 e. The van der Waals surface area contributed by atoms with Gasteiger partial charge in [0.1, 0.15) is 0 Å². The Hall–Kier alpha value is 0.230. The van der Waals surface area contributed by atoms with Crippen molar-refractivity contribution in [1.29, 1.82) is 0 Å². The van der Waals surface area contributed by atoms with Crippen molar-refractivity contribution in [2.24, 2.45) is 11.8 Å². The largest absolute Gasteiger partial charge is 0.392 e. The topological polar surface area (TPSA) is 26.7 Å². The smallest absolute Gasteiger partial charge is 0.0682 e. The van der Waals surface area contributed by atoms with Gasteiger partial charge in [-0.15, -0.1) is 0 Å². The highest BCUT2D eigenvalue weighted by atomic mass is 32.2. The molecule has 1 N–H and O–H groups in total. The van der Waals surface area contributed by atoms with Gasteiger partial charge in [-0.25, -0.2) is 0 Å². The van der Waals surface area contributed by atoms with Crippen LogP contribution in [-0.4, -0.2) is 70.8 Å². The van der Waals surface area contributed by atoms with Crippen LogP contribution in [0.15, 0.2) is 0 Å². The van der Waals surface area contributed by atoms with E-state index in [-0.39, 0.29) is 6.10 Å². The molecular formula is C13H22N2OS. The van der Waals surface area contributed by atoms with Crippen molar-refractivity contribution in [2.75, 3.05) is 38.5 Å². The first kappa shape index (κ1) is 11.1. The number of nitrogens with zero attached hydrogens (tertiary/aromatic N) is 2. The second-order valence-corrected chi connectivity index (χ2v) is 7.53. The summed E-state index contributed by atoms with van der Waals surface area (Å²) in [6.45, 7) is 6.36. The van der Waals surface area contributed by atoms with Crippen molar-refractivity contribution in [3.63, 3.8) is 0 Å². The molecule has 5 aliphatic heterocycles. The van der Waals surface area contributed by atoms with Crippen LogP contribution in [0.2, 0.25) is 0 Å². The molecule has 0 amide bonds. The minimum absolute atomic E-state index is 0.0314. The summed E-state index contributed by atoms with van der Waals surface area (Å²) in [5.74, 6) is 2.49. The number of hydrogen-bond donors (Lipinski definition) is 1. The Balaban J connectivity index is 1.47. The second kappa shape index (κ2) is 4.12. The first-order valence-electron chi connectivity index (χ1n) is 7.07. The minimum atomic E-state index is -0.0314. The van der Waals surface area contributed by atoms with Crippen LogP contribution in [0.4, 0.5) is 0 Å². The second-order valence-electron chi connectivity index (χ2n) is 6.26. The lowest BCUT2D eigenvalue weighted by Crippen LogP contribution is -2.57. The Labute approximate surface area is 108 Å². The van der Waals surface area contributed by atoms with E-state index in [0.29, 0.717) is 5.92 Å². The molecule has 3 nitrogen and oxygen atoms in total. The molecule has 4 heteroatoms. The van der Waals surface area contributed by atoms with Crippen LogP contribution in [0.5, 0.6) is 0 Å². The van der Waals surface area contributed by atoms with Crippen LogP contribution < -0.4 is 0 Å². The van der Waals surface area contributed by atoms with Gasteiger partial charge in [-0.05, 0) is 31.8 Å². The number of aliphatic hydroxyl groups excluding tert-OH is 1. The lowest BCUT2D eigenvalue weighted by molar-refractivity contribution is 0.0109. The Morgan fingerprint density at radius 2 is 1.88 bits per heavy atom. The van der Waals surface area contributed by atoms with Crippen molar-refractivity contribution in [1.82, 2.24) is 9.80 Å². The summed E-state index contributed by atoms with van der Waals surface area (Å²) in [6.07, 6.45) is 2.79. The van der Waals surface area contributed by atoms with E-state index >= 15 is 0 Å². The van der Waals surface area contributed by atoms with Crippen molar-refractivity contribution < 1.29 is 5.11 Å². The van der Waals surface area contributed by atoms with Crippen LogP contribution >= 0.6 is 11.8 Å². The van der Waals surface area contributed by atoms with Crippen LogP contribution in [-0.2, 0) is 0 Å². The van der Waals surface area contributed by atoms with Gasteiger partial charge in [0.05, 0.1) is 6.10 Å². The van der Waals surface area contributed by atoms with Gasteiger partial charge in [-0.2, -0.15) is 11.8 Å². The molecule has 0 aromatic heterocycles. The summed E-state index contributed by atoms with van der Waals surface area (Å²) >= 11 is 2.00. The highest BCUT2D eigenvalue weighted by molar-refractivity contribution is 8.00. The molecule has 0 radical (unpaired) electrons. The third-order valence-corrected chi connectivity index (χ3v) is 6.86. The van der Waals surface area contributed by atoms with E-state index in [1.54, 1.807) is 0 Å². The van der Waals surface area contributed by atoms with Gasteiger partial charge in [0.25, 0.3) is 0 Å². The zero-order chi connectivity index (χ0) is 11.4. The van der Waals surface area contributed by atoms with Crippen LogP contribution in [0.1, 0.15) is 12.8 Å². The molecule has 5 rings (SSSR count). The number of rotatable bonds is 1. The number of aliphatic hydroxyl groups is 1. The third-order valence-electron chi connectivity index (χ3n) is 5.40. The Morgan fingerprint density at radius 3 is 2.53 bits per heavy atom. The van der Waals surface area contributed by atoms with E-state index < -0.39 is 0 Å². The van der Waals surface area contributed by atoms with E-state index in [4.69, 9.17) is 0 Å². The molecule has 0 aromatic rings. The molecule has 5 fully saturated rings. The zero-order valence-electron chi connectivity index (χ0n) is 10.3. The fourth-order valence-corrected chi connectivity index (χ4v) is 5.84. The van der Waals surface area contributed by atoms with E-state index in [0.717, 1.165) is 29.5 Å². The molecular weight excluding hydrogens is 232 g/mol. The first-order chi connectivity index (χ1) is 8.31. The summed E-state index contributed by atoms with van der Waals surface area (Å²) in [6, 6.07) is 0.802. The van der Waals surface area contributed by atoms with Crippen molar-refractivity contribution in [2.45, 2.75) is 30.2 Å². The molecule has 2 bridgehead atoms. The molecule has 17 heavy (non-hydrogen) atoms. The average Bonchev–Trinajstić information content (AvgIpc) is 2.94. The standard InChI is InChI=1S/C13H22N2OS/c16-12-8-17-13-7-15(5-10(12)13)11-6-14-3-1-9(11)2-4-14/h9-13,16H,1-8H2. The molecule has 5 aliphatic rings. The quantitative estimate of drug-likeness (QED) is 0.737. The summed E-state index contributed by atoms with van der Waals surface area (Å²) in [5.41, 5.74) is 0. The normalized spacial score (nSPS) is 54.2. The Kier molecular flexibility index (Phi) is 2.69. The van der Waals surface area contributed by atoms with Crippen molar-refractivity contribution in [3.8, 4) is 0 Å². The fraction of sp³-hybridized carbons (Fsp3) is 1.00. The molecule has 0 aromatic carbocycles. The molecule has 96 valence electrons. The number of fused-ring (bicyclic) bond motifs is 4. The van der Waals surface area contributed by atoms with Gasteiger partial charge >= 0.3 is 0 Å². The van der Waals surface area contributed by atoms with Gasteiger partial charge in [0.15, 0.2) is 0 Å².